The largest absolute Gasteiger partial charge is 0.462 e. The lowest BCUT2D eigenvalue weighted by atomic mass is 10.0. The average molecular weight is 290 g/mol. The maximum absolute atomic E-state index is 13.5. The van der Waals surface area contributed by atoms with Crippen LogP contribution in [0.4, 0.5) is 17.6 Å². The van der Waals surface area contributed by atoms with E-state index in [-0.39, 0.29) is 12.7 Å². The summed E-state index contributed by atoms with van der Waals surface area (Å²) in [6.07, 6.45) is 1.01. The van der Waals surface area contributed by atoms with Crippen LogP contribution >= 0.6 is 0 Å². The highest BCUT2D eigenvalue weighted by Crippen LogP contribution is 2.21. The van der Waals surface area contributed by atoms with E-state index >= 15 is 0 Å². The van der Waals surface area contributed by atoms with Gasteiger partial charge in [0.1, 0.15) is 5.57 Å². The molecular formula is C13H10F4O3. The van der Waals surface area contributed by atoms with E-state index in [1.165, 1.54) is 13.8 Å². The lowest BCUT2D eigenvalue weighted by Crippen LogP contribution is -2.18. The third-order valence-corrected chi connectivity index (χ3v) is 2.38. The van der Waals surface area contributed by atoms with Crippen molar-refractivity contribution in [2.24, 2.45) is 0 Å². The van der Waals surface area contributed by atoms with Crippen LogP contribution in [0.1, 0.15) is 24.2 Å². The second-order valence-electron chi connectivity index (χ2n) is 3.60. The van der Waals surface area contributed by atoms with Gasteiger partial charge in [0.2, 0.25) is 5.78 Å². The van der Waals surface area contributed by atoms with Crippen molar-refractivity contribution in [1.29, 1.82) is 0 Å². The van der Waals surface area contributed by atoms with Gasteiger partial charge in [-0.15, -0.1) is 0 Å². The van der Waals surface area contributed by atoms with Crippen LogP contribution in [0.3, 0.4) is 0 Å². The summed E-state index contributed by atoms with van der Waals surface area (Å²) in [7, 11) is 0. The number of carbonyl (C=O) groups excluding carboxylic acids is 2. The van der Waals surface area contributed by atoms with E-state index in [0.29, 0.717) is 0 Å². The molecule has 0 radical (unpaired) electrons. The summed E-state index contributed by atoms with van der Waals surface area (Å²) in [6.45, 7) is 2.73. The summed E-state index contributed by atoms with van der Waals surface area (Å²) in [5.74, 6) is -10.1. The molecule has 0 unspecified atom stereocenters. The number of halogens is 4. The van der Waals surface area contributed by atoms with Crippen LogP contribution in [-0.4, -0.2) is 18.4 Å². The Labute approximate surface area is 111 Å². The second-order valence-corrected chi connectivity index (χ2v) is 3.60. The summed E-state index contributed by atoms with van der Waals surface area (Å²) in [4.78, 5) is 23.3. The first kappa shape index (κ1) is 15.9. The monoisotopic (exact) mass is 290 g/mol. The minimum atomic E-state index is -2.12. The number of hydrogen-bond acceptors (Lipinski definition) is 3. The fourth-order valence-corrected chi connectivity index (χ4v) is 1.43. The van der Waals surface area contributed by atoms with Crippen molar-refractivity contribution >= 4 is 11.8 Å². The van der Waals surface area contributed by atoms with Crippen molar-refractivity contribution in [1.82, 2.24) is 0 Å². The van der Waals surface area contributed by atoms with Gasteiger partial charge in [-0.1, -0.05) is 6.08 Å². The smallest absolute Gasteiger partial charge is 0.341 e. The summed E-state index contributed by atoms with van der Waals surface area (Å²) >= 11 is 0. The Morgan fingerprint density at radius 3 is 2.25 bits per heavy atom. The molecule has 0 heterocycles. The Hall–Kier alpha value is -2.18. The van der Waals surface area contributed by atoms with E-state index < -0.39 is 46.2 Å². The van der Waals surface area contributed by atoms with Gasteiger partial charge in [-0.05, 0) is 19.9 Å². The third kappa shape index (κ3) is 2.87. The van der Waals surface area contributed by atoms with Crippen LogP contribution in [0.2, 0.25) is 0 Å². The van der Waals surface area contributed by atoms with Gasteiger partial charge in [-0.3, -0.25) is 4.79 Å². The van der Waals surface area contributed by atoms with Crippen molar-refractivity contribution in [3.05, 3.63) is 46.5 Å². The number of ketones is 1. The molecule has 1 aromatic carbocycles. The van der Waals surface area contributed by atoms with Gasteiger partial charge in [0, 0.05) is 0 Å². The van der Waals surface area contributed by atoms with E-state index in [0.717, 1.165) is 6.08 Å². The molecule has 3 nitrogen and oxygen atoms in total. The SMILES string of the molecule is CC=C(C(=O)OCC)C(=O)c1cc(F)c(F)c(F)c1F. The molecule has 0 aliphatic heterocycles. The highest BCUT2D eigenvalue weighted by Gasteiger charge is 2.27. The normalized spacial score (nSPS) is 11.4. The molecule has 0 N–H and O–H groups in total. The minimum absolute atomic E-state index is 0.0436. The van der Waals surface area contributed by atoms with Gasteiger partial charge >= 0.3 is 5.97 Å². The van der Waals surface area contributed by atoms with Crippen molar-refractivity contribution < 1.29 is 31.9 Å². The number of esters is 1. The van der Waals surface area contributed by atoms with Crippen molar-refractivity contribution in [3.63, 3.8) is 0 Å². The van der Waals surface area contributed by atoms with Crippen LogP contribution in [-0.2, 0) is 9.53 Å². The first-order valence-corrected chi connectivity index (χ1v) is 5.56. The van der Waals surface area contributed by atoms with E-state index in [1.807, 2.05) is 0 Å². The molecule has 0 aromatic heterocycles. The Bertz CT molecular complexity index is 594. The van der Waals surface area contributed by atoms with E-state index in [1.54, 1.807) is 0 Å². The number of hydrogen-bond donors (Lipinski definition) is 0. The Morgan fingerprint density at radius 2 is 1.75 bits per heavy atom. The Morgan fingerprint density at radius 1 is 1.15 bits per heavy atom. The predicted molar refractivity (Wildman–Crippen MR) is 61.0 cm³/mol. The molecular weight excluding hydrogens is 280 g/mol. The van der Waals surface area contributed by atoms with Gasteiger partial charge in [0.05, 0.1) is 12.2 Å². The Balaban J connectivity index is 3.31. The molecule has 108 valence electrons. The maximum Gasteiger partial charge on any atom is 0.341 e. The molecule has 0 saturated heterocycles. The predicted octanol–water partition coefficient (Wildman–Crippen LogP) is 2.94. The van der Waals surface area contributed by atoms with Gasteiger partial charge in [-0.2, -0.15) is 0 Å². The molecule has 0 bridgehead atoms. The quantitative estimate of drug-likeness (QED) is 0.125. The molecule has 0 amide bonds. The lowest BCUT2D eigenvalue weighted by Gasteiger charge is -2.08. The van der Waals surface area contributed by atoms with Gasteiger partial charge in [-0.25, -0.2) is 22.4 Å². The van der Waals surface area contributed by atoms with Gasteiger partial charge in [0.25, 0.3) is 0 Å². The first-order chi connectivity index (χ1) is 9.34. The number of rotatable bonds is 4. The molecule has 0 saturated carbocycles. The molecule has 0 aliphatic carbocycles. The fourth-order valence-electron chi connectivity index (χ4n) is 1.43. The zero-order chi connectivity index (χ0) is 15.4. The van der Waals surface area contributed by atoms with Crippen LogP contribution < -0.4 is 0 Å². The van der Waals surface area contributed by atoms with Crippen LogP contribution in [0.25, 0.3) is 0 Å². The van der Waals surface area contributed by atoms with E-state index in [2.05, 4.69) is 4.74 Å². The Kier molecular flexibility index (Phi) is 5.01. The standard InChI is InChI=1S/C13H10F4O3/c1-3-6(13(19)20-4-2)12(18)7-5-8(14)10(16)11(17)9(7)15/h3,5H,4H2,1-2H3. The highest BCUT2D eigenvalue weighted by atomic mass is 19.2. The van der Waals surface area contributed by atoms with Crippen LogP contribution in [0.5, 0.6) is 0 Å². The van der Waals surface area contributed by atoms with Crippen LogP contribution in [0.15, 0.2) is 17.7 Å². The number of carbonyl (C=O) groups is 2. The number of benzene rings is 1. The van der Waals surface area contributed by atoms with Gasteiger partial charge in [0.15, 0.2) is 23.3 Å². The lowest BCUT2D eigenvalue weighted by molar-refractivity contribution is -0.138. The third-order valence-electron chi connectivity index (χ3n) is 2.38. The maximum atomic E-state index is 13.5. The minimum Gasteiger partial charge on any atom is -0.462 e. The number of ether oxygens (including phenoxy) is 1. The molecule has 20 heavy (non-hydrogen) atoms. The molecule has 1 rings (SSSR count). The highest BCUT2D eigenvalue weighted by molar-refractivity contribution is 6.24. The number of allylic oxidation sites excluding steroid dienone is 1. The van der Waals surface area contributed by atoms with Crippen molar-refractivity contribution in [3.8, 4) is 0 Å². The molecule has 7 heteroatoms. The topological polar surface area (TPSA) is 43.4 Å². The van der Waals surface area contributed by atoms with Crippen molar-refractivity contribution in [2.75, 3.05) is 6.61 Å². The summed E-state index contributed by atoms with van der Waals surface area (Å²) in [5.41, 5.74) is -1.68. The van der Waals surface area contributed by atoms with Gasteiger partial charge < -0.3 is 4.74 Å². The molecule has 1 aromatic rings. The average Bonchev–Trinajstić information content (AvgIpc) is 2.41. The summed E-state index contributed by atoms with van der Waals surface area (Å²) in [6, 6.07) is 0.193. The van der Waals surface area contributed by atoms with E-state index in [4.69, 9.17) is 0 Å². The van der Waals surface area contributed by atoms with E-state index in [9.17, 15) is 27.2 Å². The zero-order valence-electron chi connectivity index (χ0n) is 10.6. The molecule has 0 fully saturated rings. The fraction of sp³-hybridized carbons (Fsp3) is 0.231. The molecule has 0 atom stereocenters. The summed E-state index contributed by atoms with van der Waals surface area (Å²) < 4.78 is 56.9. The molecule has 0 aliphatic rings. The molecule has 0 spiro atoms. The summed E-state index contributed by atoms with van der Waals surface area (Å²) in [5, 5.41) is 0. The number of Topliss-reactive ketones (excluding diaryl/α,β-unsaturated/α-hetero) is 1. The first-order valence-electron chi connectivity index (χ1n) is 5.56. The van der Waals surface area contributed by atoms with Crippen LogP contribution in [0, 0.1) is 23.3 Å². The second kappa shape index (κ2) is 6.31. The zero-order valence-corrected chi connectivity index (χ0v) is 10.6. The van der Waals surface area contributed by atoms with Crippen molar-refractivity contribution in [2.45, 2.75) is 13.8 Å².